The first-order valence-electron chi connectivity index (χ1n) is 10.4. The van der Waals surface area contributed by atoms with Gasteiger partial charge < -0.3 is 15.6 Å². The van der Waals surface area contributed by atoms with Crippen molar-refractivity contribution in [3.63, 3.8) is 0 Å². The van der Waals surface area contributed by atoms with E-state index in [0.717, 1.165) is 23.9 Å². The molecule has 0 amide bonds. The van der Waals surface area contributed by atoms with Gasteiger partial charge >= 0.3 is 0 Å². The number of nitrogens with two attached hydrogens (primary N) is 1. The van der Waals surface area contributed by atoms with E-state index in [9.17, 15) is 4.79 Å². The highest BCUT2D eigenvalue weighted by Crippen LogP contribution is 2.36. The predicted molar refractivity (Wildman–Crippen MR) is 128 cm³/mol. The molecule has 4 N–H and O–H groups in total. The Morgan fingerprint density at radius 2 is 1.94 bits per heavy atom. The Morgan fingerprint density at radius 3 is 2.69 bits per heavy atom. The summed E-state index contributed by atoms with van der Waals surface area (Å²) < 4.78 is 1.83. The zero-order chi connectivity index (χ0) is 22.2. The Hall–Kier alpha value is -3.71. The third kappa shape index (κ3) is 3.61. The Bertz CT molecular complexity index is 1400. The topological polar surface area (TPSA) is 110 Å². The van der Waals surface area contributed by atoms with E-state index >= 15 is 0 Å². The molecule has 0 aliphatic heterocycles. The van der Waals surface area contributed by atoms with Crippen molar-refractivity contribution in [3.05, 3.63) is 93.1 Å². The van der Waals surface area contributed by atoms with Crippen molar-refractivity contribution in [1.82, 2.24) is 14.5 Å². The third-order valence-corrected chi connectivity index (χ3v) is 5.96. The lowest BCUT2D eigenvalue weighted by Crippen LogP contribution is -2.25. The Kier molecular flexibility index (Phi) is 5.11. The maximum atomic E-state index is 13.2. The van der Waals surface area contributed by atoms with Crippen molar-refractivity contribution in [2.75, 3.05) is 11.1 Å². The van der Waals surface area contributed by atoms with Gasteiger partial charge in [-0.15, -0.1) is 0 Å². The number of benzene rings is 2. The number of halogens is 1. The summed E-state index contributed by atoms with van der Waals surface area (Å²) in [5, 5.41) is 13.7. The van der Waals surface area contributed by atoms with Crippen LogP contribution < -0.4 is 16.6 Å². The number of rotatable bonds is 6. The van der Waals surface area contributed by atoms with E-state index in [0.29, 0.717) is 33.9 Å². The first-order chi connectivity index (χ1) is 15.5. The number of nitrogens with one attached hydrogen (secondary N) is 2. The van der Waals surface area contributed by atoms with Crippen LogP contribution in [0, 0.1) is 5.41 Å². The summed E-state index contributed by atoms with van der Waals surface area (Å²) in [5.74, 6) is 0.675. The van der Waals surface area contributed by atoms with E-state index in [4.69, 9.17) is 22.7 Å². The molecule has 32 heavy (non-hydrogen) atoms. The third-order valence-electron chi connectivity index (χ3n) is 5.65. The number of aromatic nitrogens is 3. The molecule has 0 atom stereocenters. The molecule has 8 heteroatoms. The van der Waals surface area contributed by atoms with Crippen molar-refractivity contribution in [1.29, 1.82) is 5.41 Å². The number of fused-ring (bicyclic) bond motifs is 1. The van der Waals surface area contributed by atoms with Crippen LogP contribution in [0.3, 0.4) is 0 Å². The molecule has 0 radical (unpaired) electrons. The average molecular weight is 445 g/mol. The van der Waals surface area contributed by atoms with Gasteiger partial charge in [-0.1, -0.05) is 54.1 Å². The van der Waals surface area contributed by atoms with Crippen LogP contribution in [-0.4, -0.2) is 20.2 Å². The van der Waals surface area contributed by atoms with Gasteiger partial charge in [0.15, 0.2) is 0 Å². The van der Waals surface area contributed by atoms with Gasteiger partial charge in [-0.3, -0.25) is 10.2 Å². The van der Waals surface area contributed by atoms with Crippen LogP contribution in [0.25, 0.3) is 10.8 Å². The standard InChI is InChI=1S/C24H21ClN6O/c25-18-8-4-7-15-11-17(31(16-9-10-16)24(32)19(15)18)12-28-23-20(22(27)29-13-30-23)21(26)14-5-2-1-3-6-14/h1-8,11,13,16,26H,9-10,12H2,(H3,27,28,29,30). The minimum Gasteiger partial charge on any atom is -0.383 e. The van der Waals surface area contributed by atoms with Crippen LogP contribution in [0.2, 0.25) is 5.02 Å². The van der Waals surface area contributed by atoms with Gasteiger partial charge in [0.1, 0.15) is 18.0 Å². The quantitative estimate of drug-likeness (QED) is 0.382. The molecular formula is C24H21ClN6O. The molecule has 1 aliphatic rings. The van der Waals surface area contributed by atoms with Crippen LogP contribution in [0.5, 0.6) is 0 Å². The number of nitrogen functional groups attached to an aromatic ring is 1. The Labute approximate surface area is 189 Å². The van der Waals surface area contributed by atoms with E-state index in [-0.39, 0.29) is 23.1 Å². The zero-order valence-corrected chi connectivity index (χ0v) is 17.9. The van der Waals surface area contributed by atoms with Crippen molar-refractivity contribution < 1.29 is 0 Å². The molecule has 1 fully saturated rings. The molecular weight excluding hydrogens is 424 g/mol. The second kappa shape index (κ2) is 8.09. The SMILES string of the molecule is N=C(c1ccccc1)c1c(N)ncnc1NCc1cc2cccc(Cl)c2c(=O)n1C1CC1. The van der Waals surface area contributed by atoms with Gasteiger partial charge in [-0.05, 0) is 30.4 Å². The first-order valence-corrected chi connectivity index (χ1v) is 10.7. The van der Waals surface area contributed by atoms with E-state index in [1.807, 2.05) is 53.1 Å². The molecule has 0 unspecified atom stereocenters. The first kappa shape index (κ1) is 20.2. The van der Waals surface area contributed by atoms with Crippen molar-refractivity contribution in [2.45, 2.75) is 25.4 Å². The monoisotopic (exact) mass is 444 g/mol. The van der Waals surface area contributed by atoms with Crippen LogP contribution in [0.4, 0.5) is 11.6 Å². The molecule has 1 aliphatic carbocycles. The number of anilines is 2. The van der Waals surface area contributed by atoms with E-state index in [2.05, 4.69) is 15.3 Å². The molecule has 160 valence electrons. The zero-order valence-electron chi connectivity index (χ0n) is 17.2. The van der Waals surface area contributed by atoms with Gasteiger partial charge in [-0.2, -0.15) is 0 Å². The normalized spacial score (nSPS) is 13.3. The summed E-state index contributed by atoms with van der Waals surface area (Å²) in [6.07, 6.45) is 3.30. The van der Waals surface area contributed by atoms with Crippen molar-refractivity contribution in [2.24, 2.45) is 0 Å². The highest BCUT2D eigenvalue weighted by molar-refractivity contribution is 6.35. The summed E-state index contributed by atoms with van der Waals surface area (Å²) in [6.45, 7) is 0.347. The fraction of sp³-hybridized carbons (Fsp3) is 0.167. The molecule has 0 saturated heterocycles. The average Bonchev–Trinajstić information content (AvgIpc) is 3.63. The fourth-order valence-corrected chi connectivity index (χ4v) is 4.22. The van der Waals surface area contributed by atoms with E-state index in [1.54, 1.807) is 6.07 Å². The molecule has 5 rings (SSSR count). The minimum absolute atomic E-state index is 0.0770. The molecule has 0 spiro atoms. The van der Waals surface area contributed by atoms with Crippen molar-refractivity contribution in [3.8, 4) is 0 Å². The second-order valence-corrected chi connectivity index (χ2v) is 8.23. The summed E-state index contributed by atoms with van der Waals surface area (Å²) >= 11 is 6.33. The maximum absolute atomic E-state index is 13.2. The van der Waals surface area contributed by atoms with Gasteiger partial charge in [0.2, 0.25) is 0 Å². The van der Waals surface area contributed by atoms with Gasteiger partial charge in [-0.25, -0.2) is 9.97 Å². The number of hydrogen-bond donors (Lipinski definition) is 3. The van der Waals surface area contributed by atoms with Crippen LogP contribution in [0.15, 0.2) is 65.7 Å². The largest absolute Gasteiger partial charge is 0.383 e. The van der Waals surface area contributed by atoms with Crippen LogP contribution in [0.1, 0.15) is 35.7 Å². The molecule has 4 aromatic rings. The smallest absolute Gasteiger partial charge is 0.260 e. The number of pyridine rings is 1. The molecule has 2 heterocycles. The fourth-order valence-electron chi connectivity index (χ4n) is 3.96. The summed E-state index contributed by atoms with van der Waals surface area (Å²) in [7, 11) is 0. The highest BCUT2D eigenvalue weighted by atomic mass is 35.5. The summed E-state index contributed by atoms with van der Waals surface area (Å²) in [4.78, 5) is 21.7. The second-order valence-electron chi connectivity index (χ2n) is 7.82. The molecule has 7 nitrogen and oxygen atoms in total. The maximum Gasteiger partial charge on any atom is 0.260 e. The van der Waals surface area contributed by atoms with Gasteiger partial charge in [0.25, 0.3) is 5.56 Å². The minimum atomic E-state index is -0.0770. The van der Waals surface area contributed by atoms with Gasteiger partial charge in [0, 0.05) is 17.3 Å². The molecule has 0 bridgehead atoms. The van der Waals surface area contributed by atoms with Crippen molar-refractivity contribution >= 4 is 39.7 Å². The van der Waals surface area contributed by atoms with Gasteiger partial charge in [0.05, 0.1) is 28.2 Å². The lowest BCUT2D eigenvalue weighted by Gasteiger charge is -2.17. The molecule has 1 saturated carbocycles. The lowest BCUT2D eigenvalue weighted by atomic mass is 10.0. The number of hydrogen-bond acceptors (Lipinski definition) is 6. The number of nitrogens with zero attached hydrogens (tertiary/aromatic N) is 3. The molecule has 2 aromatic carbocycles. The van der Waals surface area contributed by atoms with E-state index in [1.165, 1.54) is 6.33 Å². The predicted octanol–water partition coefficient (Wildman–Crippen LogP) is 4.39. The van der Waals surface area contributed by atoms with E-state index < -0.39 is 0 Å². The van der Waals surface area contributed by atoms with Crippen LogP contribution >= 0.6 is 11.6 Å². The highest BCUT2D eigenvalue weighted by Gasteiger charge is 2.28. The Balaban J connectivity index is 1.54. The molecule has 2 aromatic heterocycles. The Morgan fingerprint density at radius 1 is 1.16 bits per heavy atom. The van der Waals surface area contributed by atoms with Crippen LogP contribution in [-0.2, 0) is 6.54 Å². The summed E-state index contributed by atoms with van der Waals surface area (Å²) in [6, 6.07) is 17.0. The lowest BCUT2D eigenvalue weighted by molar-refractivity contribution is 0.672. The summed E-state index contributed by atoms with van der Waals surface area (Å²) in [5.41, 5.74) is 8.27.